The number of ketones is 2. The first-order valence-electron chi connectivity index (χ1n) is 12.9. The first kappa shape index (κ1) is 22.5. The molecule has 6 aromatic rings. The molecule has 0 bridgehead atoms. The third kappa shape index (κ3) is 3.01. The summed E-state index contributed by atoms with van der Waals surface area (Å²) in [6.07, 6.45) is 0. The second kappa shape index (κ2) is 8.01. The minimum Gasteiger partial charge on any atom is -0.293 e. The number of carbonyl (C=O) groups excluding carboxylic acids is 4. The van der Waals surface area contributed by atoms with Crippen LogP contribution < -0.4 is 4.90 Å². The molecular weight excluding hydrogens is 500 g/mol. The number of hydrogen-bond acceptors (Lipinski definition) is 5. The van der Waals surface area contributed by atoms with E-state index in [4.69, 9.17) is 4.98 Å². The maximum Gasteiger partial charge on any atom is 0.266 e. The standard InChI is InChI=1S/C34H18N2O4/c37-31-23-13-18-7-1-2-8-19(18)14-24(23)32(38)30(31)28-17-29(22-11-5-6-12-27(22)35-28)36-33(39)25-15-20-9-3-4-10-21(20)16-26(25)34(36)40/h1-17,30H. The molecule has 5 aromatic carbocycles. The van der Waals surface area contributed by atoms with Crippen molar-refractivity contribution < 1.29 is 19.2 Å². The average Bonchev–Trinajstić information content (AvgIpc) is 3.37. The first-order valence-corrected chi connectivity index (χ1v) is 12.9. The van der Waals surface area contributed by atoms with Gasteiger partial charge in [0.25, 0.3) is 11.8 Å². The first-order chi connectivity index (χ1) is 19.5. The topological polar surface area (TPSA) is 84.4 Å². The molecule has 0 saturated carbocycles. The molecule has 2 amide bonds. The molecule has 0 unspecified atom stereocenters. The number of hydrogen-bond donors (Lipinski definition) is 0. The molecule has 2 heterocycles. The van der Waals surface area contributed by atoms with Crippen molar-refractivity contribution in [1.82, 2.24) is 4.98 Å². The van der Waals surface area contributed by atoms with Gasteiger partial charge in [-0.15, -0.1) is 0 Å². The molecule has 1 aromatic heterocycles. The number of imide groups is 1. The molecule has 40 heavy (non-hydrogen) atoms. The van der Waals surface area contributed by atoms with E-state index >= 15 is 0 Å². The fraction of sp³-hybridized carbons (Fsp3) is 0.0294. The van der Waals surface area contributed by atoms with E-state index in [-0.39, 0.29) is 17.3 Å². The summed E-state index contributed by atoms with van der Waals surface area (Å²) >= 11 is 0. The molecule has 0 radical (unpaired) electrons. The van der Waals surface area contributed by atoms with Crippen molar-refractivity contribution in [3.63, 3.8) is 0 Å². The SMILES string of the molecule is O=C1c2cc3ccccc3cc2C(=O)C1c1cc(N2C(=O)c3cc4ccccc4cc3C2=O)c2ccccc2n1. The van der Waals surface area contributed by atoms with Crippen molar-refractivity contribution in [3.8, 4) is 0 Å². The molecule has 1 aliphatic heterocycles. The maximum absolute atomic E-state index is 13.7. The lowest BCUT2D eigenvalue weighted by molar-refractivity contribution is 0.0884. The van der Waals surface area contributed by atoms with Gasteiger partial charge in [-0.2, -0.15) is 0 Å². The van der Waals surface area contributed by atoms with Gasteiger partial charge in [-0.1, -0.05) is 66.7 Å². The average molecular weight is 519 g/mol. The Bertz CT molecular complexity index is 2050. The Morgan fingerprint density at radius 2 is 0.975 bits per heavy atom. The van der Waals surface area contributed by atoms with E-state index < -0.39 is 17.7 Å². The number of fused-ring (bicyclic) bond motifs is 5. The largest absolute Gasteiger partial charge is 0.293 e. The number of rotatable bonds is 2. The van der Waals surface area contributed by atoms with Crippen LogP contribution in [0.4, 0.5) is 5.69 Å². The zero-order valence-electron chi connectivity index (χ0n) is 20.9. The Labute approximate surface area is 227 Å². The fourth-order valence-corrected chi connectivity index (χ4v) is 6.00. The van der Waals surface area contributed by atoms with Gasteiger partial charge in [-0.3, -0.25) is 24.2 Å². The molecule has 6 heteroatoms. The monoisotopic (exact) mass is 518 g/mol. The van der Waals surface area contributed by atoms with Crippen LogP contribution in [0.2, 0.25) is 0 Å². The van der Waals surface area contributed by atoms with Crippen molar-refractivity contribution in [1.29, 1.82) is 0 Å². The summed E-state index contributed by atoms with van der Waals surface area (Å²) < 4.78 is 0. The molecule has 0 atom stereocenters. The van der Waals surface area contributed by atoms with Gasteiger partial charge < -0.3 is 0 Å². The second-order valence-corrected chi connectivity index (χ2v) is 10.2. The van der Waals surface area contributed by atoms with Crippen molar-refractivity contribution >= 4 is 61.5 Å². The summed E-state index contributed by atoms with van der Waals surface area (Å²) in [7, 11) is 0. The number of anilines is 1. The zero-order chi connectivity index (χ0) is 27.1. The van der Waals surface area contributed by atoms with E-state index in [9.17, 15) is 19.2 Å². The van der Waals surface area contributed by atoms with E-state index in [0.717, 1.165) is 26.4 Å². The van der Waals surface area contributed by atoms with Crippen molar-refractivity contribution in [2.24, 2.45) is 0 Å². The molecule has 0 fully saturated rings. The summed E-state index contributed by atoms with van der Waals surface area (Å²) in [4.78, 5) is 60.6. The zero-order valence-corrected chi connectivity index (χ0v) is 20.9. The van der Waals surface area contributed by atoms with Crippen LogP contribution in [0.1, 0.15) is 53.0 Å². The van der Waals surface area contributed by atoms with E-state index in [1.165, 1.54) is 0 Å². The predicted octanol–water partition coefficient (Wildman–Crippen LogP) is 6.50. The van der Waals surface area contributed by atoms with Gasteiger partial charge in [0.2, 0.25) is 0 Å². The minimum absolute atomic E-state index is 0.214. The van der Waals surface area contributed by atoms with Gasteiger partial charge in [0.15, 0.2) is 11.6 Å². The number of aromatic nitrogens is 1. The smallest absolute Gasteiger partial charge is 0.266 e. The Morgan fingerprint density at radius 3 is 1.50 bits per heavy atom. The lowest BCUT2D eigenvalue weighted by atomic mass is 9.97. The molecule has 0 spiro atoms. The molecule has 8 rings (SSSR count). The third-order valence-corrected chi connectivity index (χ3v) is 7.94. The predicted molar refractivity (Wildman–Crippen MR) is 152 cm³/mol. The van der Waals surface area contributed by atoms with Crippen LogP contribution in [0.15, 0.2) is 103 Å². The van der Waals surface area contributed by atoms with Crippen LogP contribution in [-0.2, 0) is 0 Å². The summed E-state index contributed by atoms with van der Waals surface area (Å²) in [5.74, 6) is -2.74. The maximum atomic E-state index is 13.7. The number of nitrogens with zero attached hydrogens (tertiary/aromatic N) is 2. The van der Waals surface area contributed by atoms with Crippen LogP contribution in [0.5, 0.6) is 0 Å². The number of para-hydroxylation sites is 1. The molecule has 2 aliphatic rings. The minimum atomic E-state index is -1.16. The molecule has 1 aliphatic carbocycles. The van der Waals surface area contributed by atoms with Crippen LogP contribution >= 0.6 is 0 Å². The summed E-state index contributed by atoms with van der Waals surface area (Å²) in [5, 5.41) is 4.03. The third-order valence-electron chi connectivity index (χ3n) is 7.94. The summed E-state index contributed by atoms with van der Waals surface area (Å²) in [6, 6.07) is 30.8. The van der Waals surface area contributed by atoms with Gasteiger partial charge in [0, 0.05) is 16.5 Å². The van der Waals surface area contributed by atoms with E-state index in [1.807, 2.05) is 48.5 Å². The Kier molecular flexibility index (Phi) is 4.50. The normalized spacial score (nSPS) is 15.1. The van der Waals surface area contributed by atoms with Gasteiger partial charge in [0.1, 0.15) is 5.92 Å². The second-order valence-electron chi connectivity index (χ2n) is 10.2. The number of Topliss-reactive ketones (excluding diaryl/α,β-unsaturated/α-hetero) is 2. The van der Waals surface area contributed by atoms with Gasteiger partial charge in [0.05, 0.1) is 28.0 Å². The number of benzene rings is 5. The highest BCUT2D eigenvalue weighted by atomic mass is 16.2. The quantitative estimate of drug-likeness (QED) is 0.193. The number of pyridine rings is 1. The van der Waals surface area contributed by atoms with Crippen LogP contribution in [-0.4, -0.2) is 28.4 Å². The highest BCUT2D eigenvalue weighted by Crippen LogP contribution is 2.40. The molecular formula is C34H18N2O4. The van der Waals surface area contributed by atoms with Gasteiger partial charge >= 0.3 is 0 Å². The summed E-state index contributed by atoms with van der Waals surface area (Å²) in [6.45, 7) is 0. The number of amides is 2. The van der Waals surface area contributed by atoms with Gasteiger partial charge in [-0.05, 0) is 57.9 Å². The van der Waals surface area contributed by atoms with E-state index in [1.54, 1.807) is 54.6 Å². The van der Waals surface area contributed by atoms with Crippen LogP contribution in [0, 0.1) is 0 Å². The van der Waals surface area contributed by atoms with E-state index in [0.29, 0.717) is 38.8 Å². The van der Waals surface area contributed by atoms with E-state index in [2.05, 4.69) is 0 Å². The van der Waals surface area contributed by atoms with Crippen molar-refractivity contribution in [2.45, 2.75) is 5.92 Å². The Morgan fingerprint density at radius 1 is 0.525 bits per heavy atom. The molecule has 0 N–H and O–H groups in total. The lowest BCUT2D eigenvalue weighted by Gasteiger charge is -2.19. The Hall–Kier alpha value is -5.49. The Balaban J connectivity index is 1.30. The van der Waals surface area contributed by atoms with Crippen LogP contribution in [0.3, 0.4) is 0 Å². The molecule has 6 nitrogen and oxygen atoms in total. The van der Waals surface area contributed by atoms with Gasteiger partial charge in [-0.25, -0.2) is 4.90 Å². The highest BCUT2D eigenvalue weighted by Gasteiger charge is 2.43. The van der Waals surface area contributed by atoms with Crippen molar-refractivity contribution in [2.75, 3.05) is 4.90 Å². The molecule has 188 valence electrons. The number of carbonyl (C=O) groups is 4. The fourth-order valence-electron chi connectivity index (χ4n) is 6.00. The summed E-state index contributed by atoms with van der Waals surface area (Å²) in [5.41, 5.74) is 2.36. The van der Waals surface area contributed by atoms with Crippen molar-refractivity contribution in [3.05, 3.63) is 131 Å². The highest BCUT2D eigenvalue weighted by molar-refractivity contribution is 6.37. The lowest BCUT2D eigenvalue weighted by Crippen LogP contribution is -2.30. The van der Waals surface area contributed by atoms with Crippen LogP contribution in [0.25, 0.3) is 32.4 Å². The molecule has 0 saturated heterocycles.